The van der Waals surface area contributed by atoms with E-state index < -0.39 is 12.1 Å². The predicted molar refractivity (Wildman–Crippen MR) is 113 cm³/mol. The van der Waals surface area contributed by atoms with Crippen LogP contribution in [-0.2, 0) is 4.79 Å². The highest BCUT2D eigenvalue weighted by Gasteiger charge is 2.38. The van der Waals surface area contributed by atoms with Crippen LogP contribution in [0.5, 0.6) is 0 Å². The van der Waals surface area contributed by atoms with E-state index in [0.29, 0.717) is 5.56 Å². The molecule has 1 aliphatic rings. The number of benzene rings is 2. The minimum absolute atomic E-state index is 0.186. The zero-order chi connectivity index (χ0) is 23.3. The Morgan fingerprint density at radius 2 is 1.69 bits per heavy atom. The molecule has 3 N–H and O–H groups in total. The van der Waals surface area contributed by atoms with Crippen LogP contribution >= 0.6 is 0 Å². The molecule has 0 bridgehead atoms. The molecule has 2 aromatic carbocycles. The van der Waals surface area contributed by atoms with Crippen LogP contribution in [0.1, 0.15) is 24.1 Å². The lowest BCUT2D eigenvalue weighted by molar-refractivity contribution is -0.192. The van der Waals surface area contributed by atoms with Gasteiger partial charge in [-0.1, -0.05) is 24.3 Å². The van der Waals surface area contributed by atoms with E-state index >= 15 is 0 Å². The second-order valence-corrected chi connectivity index (χ2v) is 7.24. The van der Waals surface area contributed by atoms with E-state index in [4.69, 9.17) is 9.90 Å². The zero-order valence-electron chi connectivity index (χ0n) is 17.0. The maximum absolute atomic E-state index is 14.5. The molecule has 2 atom stereocenters. The Labute approximate surface area is 182 Å². The number of carbonyl (C=O) groups is 1. The Hall–Kier alpha value is -3.46. The first kappa shape index (κ1) is 23.2. The van der Waals surface area contributed by atoms with E-state index in [-0.39, 0.29) is 17.9 Å². The number of rotatable bonds is 2. The van der Waals surface area contributed by atoms with Gasteiger partial charge in [-0.25, -0.2) is 9.18 Å². The maximum atomic E-state index is 14.5. The summed E-state index contributed by atoms with van der Waals surface area (Å²) in [4.78, 5) is 13.0. The molecule has 9 heteroatoms. The fraction of sp³-hybridized carbons (Fsp3) is 0.217. The number of aliphatic carboxylic acids is 1. The molecule has 1 aliphatic heterocycles. The van der Waals surface area contributed by atoms with Crippen LogP contribution in [-0.4, -0.2) is 34.8 Å². The number of anilines is 1. The smallest absolute Gasteiger partial charge is 0.475 e. The van der Waals surface area contributed by atoms with E-state index in [0.717, 1.165) is 28.9 Å². The molecule has 0 amide bonds. The second kappa shape index (κ2) is 9.78. The molecule has 0 aliphatic carbocycles. The van der Waals surface area contributed by atoms with Gasteiger partial charge in [-0.2, -0.15) is 13.2 Å². The van der Waals surface area contributed by atoms with Crippen LogP contribution in [0.15, 0.2) is 67.0 Å². The monoisotopic (exact) mass is 447 g/mol. The maximum Gasteiger partial charge on any atom is 0.490 e. The molecule has 1 unspecified atom stereocenters. The summed E-state index contributed by atoms with van der Waals surface area (Å²) in [6.45, 7) is 2.91. The van der Waals surface area contributed by atoms with Gasteiger partial charge >= 0.3 is 12.1 Å². The lowest BCUT2D eigenvalue weighted by Crippen LogP contribution is -2.33. The number of carboxylic acids is 1. The number of hydrogen-bond donors (Lipinski definition) is 3. The summed E-state index contributed by atoms with van der Waals surface area (Å²) >= 11 is 0. The number of carboxylic acid groups (broad SMARTS) is 1. The number of alkyl halides is 3. The largest absolute Gasteiger partial charge is 0.490 e. The van der Waals surface area contributed by atoms with Crippen LogP contribution in [0.25, 0.3) is 11.1 Å². The number of halogens is 4. The summed E-state index contributed by atoms with van der Waals surface area (Å²) in [7, 11) is 0. The molecular formula is C23H21F4N3O2. The van der Waals surface area contributed by atoms with Gasteiger partial charge in [0.2, 0.25) is 0 Å². The van der Waals surface area contributed by atoms with Gasteiger partial charge in [-0.3, -0.25) is 4.98 Å². The van der Waals surface area contributed by atoms with Crippen LogP contribution < -0.4 is 10.6 Å². The first-order valence-electron chi connectivity index (χ1n) is 9.75. The van der Waals surface area contributed by atoms with Crippen molar-refractivity contribution in [1.82, 2.24) is 10.3 Å². The minimum Gasteiger partial charge on any atom is -0.475 e. The number of nitrogens with zero attached hydrogens (tertiary/aromatic N) is 1. The van der Waals surface area contributed by atoms with E-state index in [1.165, 1.54) is 6.07 Å². The fourth-order valence-electron chi connectivity index (χ4n) is 3.35. The number of nitrogens with one attached hydrogen (secondary N) is 2. The average Bonchev–Trinajstić information content (AvgIpc) is 2.93. The number of pyridine rings is 1. The number of fused-ring (bicyclic) bond motifs is 1. The third-order valence-electron chi connectivity index (χ3n) is 4.88. The van der Waals surface area contributed by atoms with Gasteiger partial charge in [0.15, 0.2) is 0 Å². The molecule has 0 fully saturated rings. The standard InChI is InChI=1S/C21H20FN3.C2HF3O2/c1-14-13-24-20-7-6-16(15-8-10-23-11-9-15)12-18(20)21(25-14)17-4-2-3-5-19(17)22;3-2(4,5)1(6)7/h2-12,14,21,24-25H,13H2,1H3;(H,6,7)/t14-,21?;/m0./s1. The topological polar surface area (TPSA) is 74.2 Å². The van der Waals surface area contributed by atoms with Gasteiger partial charge in [0.1, 0.15) is 5.82 Å². The summed E-state index contributed by atoms with van der Waals surface area (Å²) in [5, 5.41) is 14.2. The molecule has 0 radical (unpaired) electrons. The Morgan fingerprint density at radius 1 is 1.03 bits per heavy atom. The Balaban J connectivity index is 0.000000360. The van der Waals surface area contributed by atoms with Crippen LogP contribution in [0, 0.1) is 5.82 Å². The fourth-order valence-corrected chi connectivity index (χ4v) is 3.35. The van der Waals surface area contributed by atoms with Gasteiger partial charge < -0.3 is 15.7 Å². The van der Waals surface area contributed by atoms with Gasteiger partial charge in [0, 0.05) is 36.2 Å². The molecular weight excluding hydrogens is 426 g/mol. The number of hydrogen-bond acceptors (Lipinski definition) is 4. The summed E-state index contributed by atoms with van der Waals surface area (Å²) in [6, 6.07) is 17.3. The van der Waals surface area contributed by atoms with Gasteiger partial charge in [0.25, 0.3) is 0 Å². The molecule has 4 rings (SSSR count). The second-order valence-electron chi connectivity index (χ2n) is 7.24. The van der Waals surface area contributed by atoms with Crippen molar-refractivity contribution < 1.29 is 27.5 Å². The molecule has 3 aromatic rings. The highest BCUT2D eigenvalue weighted by atomic mass is 19.4. The third kappa shape index (κ3) is 5.61. The van der Waals surface area contributed by atoms with E-state index in [1.54, 1.807) is 18.5 Å². The van der Waals surface area contributed by atoms with Crippen molar-refractivity contribution in [3.63, 3.8) is 0 Å². The molecule has 0 spiro atoms. The average molecular weight is 447 g/mol. The van der Waals surface area contributed by atoms with E-state index in [9.17, 15) is 17.6 Å². The van der Waals surface area contributed by atoms with Gasteiger partial charge in [-0.05, 0) is 53.9 Å². The molecule has 1 aromatic heterocycles. The quantitative estimate of drug-likeness (QED) is 0.482. The lowest BCUT2D eigenvalue weighted by atomic mass is 9.93. The summed E-state index contributed by atoms with van der Waals surface area (Å²) < 4.78 is 46.2. The number of aromatic nitrogens is 1. The molecule has 168 valence electrons. The summed E-state index contributed by atoms with van der Waals surface area (Å²) in [6.07, 6.45) is -1.51. The SMILES string of the molecule is C[C@H]1CNc2ccc(-c3ccncc3)cc2C(c2ccccc2F)N1.O=C(O)C(F)(F)F. The van der Waals surface area contributed by atoms with Crippen LogP contribution in [0.2, 0.25) is 0 Å². The van der Waals surface area contributed by atoms with Gasteiger partial charge in [0.05, 0.1) is 6.04 Å². The first-order valence-corrected chi connectivity index (χ1v) is 9.75. The zero-order valence-corrected chi connectivity index (χ0v) is 17.0. The van der Waals surface area contributed by atoms with Crippen molar-refractivity contribution in [3.05, 3.63) is 83.9 Å². The van der Waals surface area contributed by atoms with Crippen molar-refractivity contribution in [3.8, 4) is 11.1 Å². The van der Waals surface area contributed by atoms with Crippen molar-refractivity contribution in [1.29, 1.82) is 0 Å². The summed E-state index contributed by atoms with van der Waals surface area (Å²) in [5.41, 5.74) is 4.97. The van der Waals surface area contributed by atoms with Crippen LogP contribution in [0.4, 0.5) is 23.2 Å². The highest BCUT2D eigenvalue weighted by Crippen LogP contribution is 2.35. The predicted octanol–water partition coefficient (Wildman–Crippen LogP) is 5.01. The molecule has 2 heterocycles. The Kier molecular flexibility index (Phi) is 7.09. The normalized spacial score (nSPS) is 17.8. The molecule has 0 saturated heterocycles. The van der Waals surface area contributed by atoms with Crippen molar-refractivity contribution in [2.45, 2.75) is 25.2 Å². The van der Waals surface area contributed by atoms with Crippen molar-refractivity contribution in [2.24, 2.45) is 0 Å². The van der Waals surface area contributed by atoms with Crippen molar-refractivity contribution >= 4 is 11.7 Å². The Bertz CT molecular complexity index is 1070. The lowest BCUT2D eigenvalue weighted by Gasteiger charge is -2.22. The molecule has 5 nitrogen and oxygen atoms in total. The van der Waals surface area contributed by atoms with Crippen molar-refractivity contribution in [2.75, 3.05) is 11.9 Å². The van der Waals surface area contributed by atoms with E-state index in [2.05, 4.69) is 40.7 Å². The molecule has 32 heavy (non-hydrogen) atoms. The van der Waals surface area contributed by atoms with E-state index in [1.807, 2.05) is 24.3 Å². The highest BCUT2D eigenvalue weighted by molar-refractivity contribution is 5.73. The molecule has 0 saturated carbocycles. The third-order valence-corrected chi connectivity index (χ3v) is 4.88. The first-order chi connectivity index (χ1) is 15.2. The minimum atomic E-state index is -5.08. The van der Waals surface area contributed by atoms with Crippen LogP contribution in [0.3, 0.4) is 0 Å². The Morgan fingerprint density at radius 3 is 2.31 bits per heavy atom. The summed E-state index contributed by atoms with van der Waals surface area (Å²) in [5.74, 6) is -2.94. The van der Waals surface area contributed by atoms with Gasteiger partial charge in [-0.15, -0.1) is 0 Å².